The predicted molar refractivity (Wildman–Crippen MR) is 148 cm³/mol. The first-order valence-corrected chi connectivity index (χ1v) is 13.1. The van der Waals surface area contributed by atoms with Gasteiger partial charge in [-0.25, -0.2) is 0 Å². The molecule has 0 aliphatic heterocycles. The number of ether oxygens (including phenoxy) is 1. The smallest absolute Gasteiger partial charge is 0.417 e. The van der Waals surface area contributed by atoms with E-state index in [1.807, 2.05) is 54.6 Å². The highest BCUT2D eigenvalue weighted by Gasteiger charge is 2.34. The van der Waals surface area contributed by atoms with Crippen molar-refractivity contribution in [3.8, 4) is 5.75 Å². The highest BCUT2D eigenvalue weighted by molar-refractivity contribution is 6.32. The summed E-state index contributed by atoms with van der Waals surface area (Å²) in [4.78, 5) is 2.14. The van der Waals surface area contributed by atoms with Crippen LogP contribution in [0.5, 0.6) is 5.75 Å². The Morgan fingerprint density at radius 1 is 0.737 bits per heavy atom. The summed E-state index contributed by atoms with van der Waals surface area (Å²) in [7, 11) is 0. The van der Waals surface area contributed by atoms with E-state index in [1.165, 1.54) is 6.07 Å². The van der Waals surface area contributed by atoms with Gasteiger partial charge in [-0.2, -0.15) is 13.2 Å². The molecule has 7 heteroatoms. The normalized spacial score (nSPS) is 11.8. The molecule has 4 rings (SSSR count). The zero-order chi connectivity index (χ0) is 27.0. The molecule has 0 aliphatic carbocycles. The van der Waals surface area contributed by atoms with Gasteiger partial charge in [-0.15, -0.1) is 0 Å². The van der Waals surface area contributed by atoms with Crippen LogP contribution in [0.25, 0.3) is 0 Å². The Morgan fingerprint density at radius 3 is 1.95 bits per heavy atom. The lowest BCUT2D eigenvalue weighted by molar-refractivity contribution is -0.137. The molecule has 0 saturated carbocycles. The molecule has 0 fully saturated rings. The van der Waals surface area contributed by atoms with Crippen molar-refractivity contribution < 1.29 is 17.9 Å². The number of nitrogens with zero attached hydrogens (tertiary/aromatic N) is 1. The summed E-state index contributed by atoms with van der Waals surface area (Å²) in [5.41, 5.74) is 1.88. The van der Waals surface area contributed by atoms with Crippen molar-refractivity contribution in [2.24, 2.45) is 0 Å². The summed E-state index contributed by atoms with van der Waals surface area (Å²) >= 11 is 12.5. The Kier molecular flexibility index (Phi) is 9.73. The Bertz CT molecular complexity index is 1260. The van der Waals surface area contributed by atoms with Crippen molar-refractivity contribution in [1.82, 2.24) is 4.90 Å². The molecule has 0 unspecified atom stereocenters. The average molecular weight is 558 g/mol. The number of benzene rings is 4. The zero-order valence-corrected chi connectivity index (χ0v) is 22.2. The van der Waals surface area contributed by atoms with Gasteiger partial charge >= 0.3 is 6.18 Å². The highest BCUT2D eigenvalue weighted by Crippen LogP contribution is 2.37. The van der Waals surface area contributed by atoms with Gasteiger partial charge in [0.1, 0.15) is 5.75 Å². The fourth-order valence-corrected chi connectivity index (χ4v) is 4.94. The van der Waals surface area contributed by atoms with Crippen LogP contribution >= 0.6 is 23.2 Å². The fraction of sp³-hybridized carbons (Fsp3) is 0.226. The maximum Gasteiger partial charge on any atom is 0.417 e. The Balaban J connectivity index is 1.58. The van der Waals surface area contributed by atoms with Gasteiger partial charge in [-0.1, -0.05) is 108 Å². The van der Waals surface area contributed by atoms with Crippen molar-refractivity contribution in [2.75, 3.05) is 19.7 Å². The van der Waals surface area contributed by atoms with E-state index in [0.717, 1.165) is 17.2 Å². The van der Waals surface area contributed by atoms with Gasteiger partial charge in [-0.05, 0) is 41.3 Å². The van der Waals surface area contributed by atoms with E-state index in [9.17, 15) is 13.2 Å². The molecular weight excluding hydrogens is 530 g/mol. The van der Waals surface area contributed by atoms with Gasteiger partial charge in [0.05, 0.1) is 22.2 Å². The van der Waals surface area contributed by atoms with Gasteiger partial charge in [0.25, 0.3) is 0 Å². The summed E-state index contributed by atoms with van der Waals surface area (Å²) in [5, 5.41) is 0.279. The molecule has 0 N–H and O–H groups in total. The van der Waals surface area contributed by atoms with E-state index in [1.54, 1.807) is 12.1 Å². The minimum atomic E-state index is -4.52. The molecule has 0 spiro atoms. The van der Waals surface area contributed by atoms with Crippen LogP contribution in [0, 0.1) is 0 Å². The Hall–Kier alpha value is -2.99. The average Bonchev–Trinajstić information content (AvgIpc) is 2.91. The van der Waals surface area contributed by atoms with Crippen LogP contribution in [0.4, 0.5) is 13.2 Å². The fourth-order valence-electron chi connectivity index (χ4n) is 4.46. The molecular formula is C31H28Cl2F3NO. The lowest BCUT2D eigenvalue weighted by Crippen LogP contribution is -2.31. The van der Waals surface area contributed by atoms with Crippen molar-refractivity contribution in [3.63, 3.8) is 0 Å². The predicted octanol–water partition coefficient (Wildman–Crippen LogP) is 9.12. The molecule has 0 heterocycles. The van der Waals surface area contributed by atoms with Crippen molar-refractivity contribution >= 4 is 23.2 Å². The summed E-state index contributed by atoms with van der Waals surface area (Å²) in [6.07, 6.45) is -3.87. The van der Waals surface area contributed by atoms with E-state index in [-0.39, 0.29) is 17.5 Å². The molecule has 38 heavy (non-hydrogen) atoms. The molecule has 0 radical (unpaired) electrons. The molecule has 0 bridgehead atoms. The first-order valence-electron chi connectivity index (χ1n) is 12.4. The van der Waals surface area contributed by atoms with Crippen LogP contribution in [0.2, 0.25) is 10.0 Å². The molecule has 0 aliphatic rings. The largest absolute Gasteiger partial charge is 0.492 e. The topological polar surface area (TPSA) is 12.5 Å². The van der Waals surface area contributed by atoms with Crippen LogP contribution in [-0.4, -0.2) is 24.6 Å². The third-order valence-electron chi connectivity index (χ3n) is 6.34. The minimum Gasteiger partial charge on any atom is -0.492 e. The monoisotopic (exact) mass is 557 g/mol. The molecule has 0 aromatic heterocycles. The van der Waals surface area contributed by atoms with E-state index in [2.05, 4.69) is 29.2 Å². The molecule has 2 nitrogen and oxygen atoms in total. The quantitative estimate of drug-likeness (QED) is 0.170. The first-order chi connectivity index (χ1) is 18.3. The minimum absolute atomic E-state index is 0.0199. The molecule has 0 amide bonds. The third kappa shape index (κ3) is 7.53. The second kappa shape index (κ2) is 13.2. The highest BCUT2D eigenvalue weighted by atomic mass is 35.5. The van der Waals surface area contributed by atoms with Gasteiger partial charge in [0, 0.05) is 25.6 Å². The van der Waals surface area contributed by atoms with Crippen molar-refractivity contribution in [3.05, 3.63) is 135 Å². The lowest BCUT2D eigenvalue weighted by Gasteiger charge is -2.29. The SMILES string of the molecule is FC(F)(F)c1cccc(CN(CCCOc2ccccc2Cl)CC(c2ccccc2)c2ccccc2)c1Cl. The second-order valence-electron chi connectivity index (χ2n) is 9.02. The summed E-state index contributed by atoms with van der Waals surface area (Å²) in [6, 6.07) is 31.6. The summed E-state index contributed by atoms with van der Waals surface area (Å²) < 4.78 is 46.5. The van der Waals surface area contributed by atoms with Gasteiger partial charge in [-0.3, -0.25) is 4.90 Å². The van der Waals surface area contributed by atoms with Crippen molar-refractivity contribution in [1.29, 1.82) is 0 Å². The van der Waals surface area contributed by atoms with E-state index in [0.29, 0.717) is 42.5 Å². The maximum atomic E-state index is 13.5. The number of rotatable bonds is 11. The standard InChI is InChI=1S/C31H28Cl2F3NO/c32-28-17-7-8-18-29(28)38-20-10-19-37(21-25-15-9-16-27(30(25)33)31(34,35)36)22-26(23-11-3-1-4-12-23)24-13-5-2-6-14-24/h1-9,11-18,26H,10,19-22H2. The molecule has 4 aromatic carbocycles. The molecule has 4 aromatic rings. The Morgan fingerprint density at radius 2 is 1.34 bits per heavy atom. The molecule has 0 atom stereocenters. The van der Waals surface area contributed by atoms with Crippen LogP contribution in [0.1, 0.15) is 34.6 Å². The van der Waals surface area contributed by atoms with Crippen molar-refractivity contribution in [2.45, 2.75) is 25.1 Å². The number of halogens is 5. The van der Waals surface area contributed by atoms with Crippen LogP contribution in [-0.2, 0) is 12.7 Å². The lowest BCUT2D eigenvalue weighted by atomic mass is 9.90. The number of alkyl halides is 3. The summed E-state index contributed by atoms with van der Waals surface area (Å²) in [6.45, 7) is 1.86. The number of para-hydroxylation sites is 1. The summed E-state index contributed by atoms with van der Waals surface area (Å²) in [5.74, 6) is 0.625. The van der Waals surface area contributed by atoms with E-state index in [4.69, 9.17) is 27.9 Å². The number of hydrogen-bond donors (Lipinski definition) is 0. The van der Waals surface area contributed by atoms with Crippen LogP contribution in [0.3, 0.4) is 0 Å². The Labute approximate surface area is 231 Å². The third-order valence-corrected chi connectivity index (χ3v) is 7.09. The maximum absolute atomic E-state index is 13.5. The second-order valence-corrected chi connectivity index (χ2v) is 9.80. The van der Waals surface area contributed by atoms with Crippen LogP contribution < -0.4 is 4.74 Å². The van der Waals surface area contributed by atoms with E-state index < -0.39 is 11.7 Å². The van der Waals surface area contributed by atoms with E-state index >= 15 is 0 Å². The number of hydrogen-bond acceptors (Lipinski definition) is 2. The first kappa shape index (κ1) is 28.0. The zero-order valence-electron chi connectivity index (χ0n) is 20.7. The molecule has 0 saturated heterocycles. The molecule has 198 valence electrons. The van der Waals surface area contributed by atoms with Gasteiger partial charge < -0.3 is 4.74 Å². The van der Waals surface area contributed by atoms with Crippen LogP contribution in [0.15, 0.2) is 103 Å². The van der Waals surface area contributed by atoms with Gasteiger partial charge in [0.15, 0.2) is 0 Å². The van der Waals surface area contributed by atoms with Gasteiger partial charge in [0.2, 0.25) is 0 Å².